The summed E-state index contributed by atoms with van der Waals surface area (Å²) in [6.07, 6.45) is -50.6. The molecule has 0 N–H and O–H groups in total. The Morgan fingerprint density at radius 3 is 0.818 bits per heavy atom. The monoisotopic (exact) mass is 1140 g/mol. The molecule has 1 heterocycles. The molecule has 410 valence electrons. The molecule has 0 fully saturated rings. The normalized spacial score (nSPS) is 13.3. The van der Waals surface area contributed by atoms with Crippen molar-refractivity contribution in [2.75, 3.05) is 0 Å². The topological polar surface area (TPSA) is 3.88 Å². The van der Waals surface area contributed by atoms with E-state index in [1.165, 1.54) is 11.1 Å². The van der Waals surface area contributed by atoms with E-state index in [1.54, 1.807) is 0 Å². The Labute approximate surface area is 422 Å². The zero-order valence-corrected chi connectivity index (χ0v) is 38.4. The van der Waals surface area contributed by atoms with Crippen LogP contribution in [0.25, 0.3) is 11.1 Å². The van der Waals surface area contributed by atoms with Crippen LogP contribution < -0.4 is 26.4 Å². The molecule has 6 aromatic carbocycles. The van der Waals surface area contributed by atoms with Crippen molar-refractivity contribution in [3.63, 3.8) is 0 Å². The van der Waals surface area contributed by atoms with Gasteiger partial charge in [0.05, 0.1) is 44.5 Å². The molecule has 0 saturated heterocycles. The van der Waals surface area contributed by atoms with E-state index < -0.39 is 195 Å². The molecule has 0 atom stereocenters. The van der Waals surface area contributed by atoms with Crippen LogP contribution >= 0.6 is 11.6 Å². The lowest BCUT2D eigenvalue weighted by atomic mass is 9.12. The summed E-state index contributed by atoms with van der Waals surface area (Å²) >= 11 is 6.03. The van der Waals surface area contributed by atoms with Crippen LogP contribution in [-0.2, 0) is 56.0 Å². The molecule has 7 rings (SSSR count). The lowest BCUT2D eigenvalue weighted by Gasteiger charge is -2.46. The highest BCUT2D eigenvalue weighted by molar-refractivity contribution is 7.20. The summed E-state index contributed by atoms with van der Waals surface area (Å²) in [7, 11) is 0. The first kappa shape index (κ1) is 59.4. The molecule has 77 heavy (non-hydrogen) atoms. The molecular formula is C50H27BClF24N. The minimum Gasteiger partial charge on any atom is -0.201 e. The van der Waals surface area contributed by atoms with Gasteiger partial charge >= 0.3 is 49.4 Å². The number of nitrogens with zero attached hydrogens (tertiary/aromatic N) is 1. The van der Waals surface area contributed by atoms with Gasteiger partial charge in [-0.25, -0.2) is 4.57 Å². The minimum atomic E-state index is -6.13. The Morgan fingerprint density at radius 1 is 0.299 bits per heavy atom. The fraction of sp³-hybridized carbons (Fsp3) is 0.180. The first-order valence-corrected chi connectivity index (χ1v) is 21.6. The molecule has 0 aliphatic rings. The molecule has 0 aliphatic heterocycles. The highest BCUT2D eigenvalue weighted by Crippen LogP contribution is 2.41. The highest BCUT2D eigenvalue weighted by atomic mass is 35.5. The third kappa shape index (κ3) is 14.0. The zero-order chi connectivity index (χ0) is 57.7. The number of benzene rings is 6. The van der Waals surface area contributed by atoms with Gasteiger partial charge in [-0.05, 0) is 47.5 Å². The van der Waals surface area contributed by atoms with E-state index in [0.717, 1.165) is 17.1 Å². The van der Waals surface area contributed by atoms with Crippen LogP contribution in [0.15, 0.2) is 152 Å². The van der Waals surface area contributed by atoms with Crippen molar-refractivity contribution in [2.24, 2.45) is 0 Å². The molecule has 0 spiro atoms. The molecular weight excluding hydrogens is 1120 g/mol. The van der Waals surface area contributed by atoms with Crippen LogP contribution in [0.5, 0.6) is 0 Å². The summed E-state index contributed by atoms with van der Waals surface area (Å²) in [6.45, 7) is 0.886. The second-order valence-corrected chi connectivity index (χ2v) is 17.4. The molecule has 0 saturated carbocycles. The number of hydrogen-bond acceptors (Lipinski definition) is 0. The summed E-state index contributed by atoms with van der Waals surface area (Å²) in [5, 5.41) is 0.767. The Bertz CT molecular complexity index is 2780. The standard InChI is InChI=1S/C32H12BF24.C18H15ClN/c34-25(35,36)13-1-14(26(37,38)39)6-21(5-13)33(22-7-15(27(40,41)42)2-16(8-22)28(43,44)45,23-9-17(29(46,47)48)3-18(10-23)30(49,50)51)24-11-19(31(52,53)54)4-20(12-24)32(55,56)57;19-18-8-4-7-17(13-18)16-9-11-20(12-10-16)14-15-5-2-1-3-6-15/h1-12H;1-13H,14H2/q-1;+1. The molecule has 0 unspecified atom stereocenters. The van der Waals surface area contributed by atoms with Crippen molar-refractivity contribution in [3.8, 4) is 11.1 Å². The molecule has 0 amide bonds. The predicted octanol–water partition coefficient (Wildman–Crippen LogP) is 15.6. The third-order valence-corrected chi connectivity index (χ3v) is 11.9. The molecule has 0 radical (unpaired) electrons. The van der Waals surface area contributed by atoms with Gasteiger partial charge in [0, 0.05) is 22.7 Å². The maximum atomic E-state index is 14.2. The van der Waals surface area contributed by atoms with E-state index in [1.807, 2.05) is 24.3 Å². The predicted molar refractivity (Wildman–Crippen MR) is 233 cm³/mol. The Balaban J connectivity index is 0.000000397. The second-order valence-electron chi connectivity index (χ2n) is 17.0. The molecule has 1 nitrogen and oxygen atoms in total. The van der Waals surface area contributed by atoms with Crippen LogP contribution in [-0.4, -0.2) is 6.15 Å². The average Bonchev–Trinajstić information content (AvgIpc) is 3.30. The van der Waals surface area contributed by atoms with Gasteiger partial charge in [-0.1, -0.05) is 103 Å². The van der Waals surface area contributed by atoms with Crippen molar-refractivity contribution in [3.05, 3.63) is 207 Å². The largest absolute Gasteiger partial charge is 0.416 e. The summed E-state index contributed by atoms with van der Waals surface area (Å²) in [5.74, 6) is 0. The Morgan fingerprint density at radius 2 is 0.571 bits per heavy atom. The highest BCUT2D eigenvalue weighted by Gasteiger charge is 2.47. The Hall–Kier alpha value is -6.86. The van der Waals surface area contributed by atoms with Crippen LogP contribution in [0, 0.1) is 0 Å². The van der Waals surface area contributed by atoms with Crippen LogP contribution in [0.1, 0.15) is 50.1 Å². The summed E-state index contributed by atoms with van der Waals surface area (Å²) in [5.41, 5.74) is -26.6. The van der Waals surface area contributed by atoms with Crippen molar-refractivity contribution in [1.82, 2.24) is 0 Å². The van der Waals surface area contributed by atoms with Crippen molar-refractivity contribution in [2.45, 2.75) is 56.0 Å². The fourth-order valence-corrected chi connectivity index (χ4v) is 8.48. The average molecular weight is 1140 g/mol. The third-order valence-electron chi connectivity index (χ3n) is 11.7. The molecule has 27 heteroatoms. The number of aromatic nitrogens is 1. The summed E-state index contributed by atoms with van der Waals surface area (Å²) in [6, 6.07) is 13.8. The van der Waals surface area contributed by atoms with Crippen molar-refractivity contribution in [1.29, 1.82) is 0 Å². The quantitative estimate of drug-likeness (QED) is 0.0851. The van der Waals surface area contributed by atoms with Gasteiger partial charge < -0.3 is 0 Å². The van der Waals surface area contributed by atoms with E-state index >= 15 is 0 Å². The van der Waals surface area contributed by atoms with Gasteiger partial charge in [-0.2, -0.15) is 127 Å². The Kier molecular flexibility index (Phi) is 16.1. The van der Waals surface area contributed by atoms with Crippen LogP contribution in [0.2, 0.25) is 5.02 Å². The number of hydrogen-bond donors (Lipinski definition) is 0. The summed E-state index contributed by atoms with van der Waals surface area (Å²) < 4.78 is 343. The van der Waals surface area contributed by atoms with Gasteiger partial charge in [-0.3, -0.25) is 0 Å². The SMILES string of the molecule is Clc1cccc(-c2cc[n+](Cc3ccccc3)cc2)c1.FC(F)(F)c1cc([B-](c2cc(C(F)(F)F)cc(C(F)(F)F)c2)(c2cc(C(F)(F)F)cc(C(F)(F)F)c2)c2cc(C(F)(F)F)cc(C(F)(F)F)c2)cc(C(F)(F)F)c1. The zero-order valence-electron chi connectivity index (χ0n) is 37.6. The lowest BCUT2D eigenvalue weighted by Crippen LogP contribution is -2.75. The van der Waals surface area contributed by atoms with Crippen molar-refractivity contribution < 1.29 is 110 Å². The fourth-order valence-electron chi connectivity index (χ4n) is 8.29. The molecule has 1 aromatic heterocycles. The number of rotatable bonds is 7. The summed E-state index contributed by atoms with van der Waals surface area (Å²) in [4.78, 5) is 0. The molecule has 0 bridgehead atoms. The van der Waals surface area contributed by atoms with E-state index in [0.29, 0.717) is 0 Å². The first-order chi connectivity index (χ1) is 35.1. The van der Waals surface area contributed by atoms with Gasteiger partial charge in [0.1, 0.15) is 6.15 Å². The van der Waals surface area contributed by atoms with E-state index in [-0.39, 0.29) is 0 Å². The molecule has 7 aromatic rings. The van der Waals surface area contributed by atoms with Crippen molar-refractivity contribution >= 4 is 39.6 Å². The maximum absolute atomic E-state index is 14.2. The second kappa shape index (κ2) is 20.8. The van der Waals surface area contributed by atoms with Crippen LogP contribution in [0.3, 0.4) is 0 Å². The van der Waals surface area contributed by atoms with E-state index in [4.69, 9.17) is 11.6 Å². The molecule has 0 aliphatic carbocycles. The number of pyridine rings is 1. The minimum absolute atomic E-state index is 0.691. The number of halogens is 25. The number of alkyl halides is 24. The van der Waals surface area contributed by atoms with Crippen LogP contribution in [0.4, 0.5) is 105 Å². The van der Waals surface area contributed by atoms with Gasteiger partial charge in [0.25, 0.3) is 0 Å². The van der Waals surface area contributed by atoms with Gasteiger partial charge in [-0.15, -0.1) is 0 Å². The first-order valence-electron chi connectivity index (χ1n) is 21.2. The smallest absolute Gasteiger partial charge is 0.201 e. The van der Waals surface area contributed by atoms with Gasteiger partial charge in [0.2, 0.25) is 0 Å². The van der Waals surface area contributed by atoms with Gasteiger partial charge in [0.15, 0.2) is 18.9 Å². The lowest BCUT2D eigenvalue weighted by molar-refractivity contribution is -0.688. The van der Waals surface area contributed by atoms with E-state index in [2.05, 4.69) is 59.4 Å². The van der Waals surface area contributed by atoms with E-state index in [9.17, 15) is 105 Å². The maximum Gasteiger partial charge on any atom is 0.416 e.